The molecule has 3 N–H and O–H groups in total. The van der Waals surface area contributed by atoms with E-state index in [0.29, 0.717) is 18.2 Å². The zero-order valence-corrected chi connectivity index (χ0v) is 15.6. The average molecular weight is 376 g/mol. The number of carbonyl (C=O) groups excluding carboxylic acids is 1. The summed E-state index contributed by atoms with van der Waals surface area (Å²) in [6, 6.07) is 18.4. The summed E-state index contributed by atoms with van der Waals surface area (Å²) in [4.78, 5) is 12.3. The van der Waals surface area contributed by atoms with Gasteiger partial charge in [0, 0.05) is 25.3 Å². The smallest absolute Gasteiger partial charge is 0.254 e. The first-order valence-corrected chi connectivity index (χ1v) is 9.55. The van der Waals surface area contributed by atoms with Crippen LogP contribution in [0.3, 0.4) is 0 Å². The van der Waals surface area contributed by atoms with E-state index in [4.69, 9.17) is 0 Å². The van der Waals surface area contributed by atoms with Gasteiger partial charge in [0.05, 0.1) is 23.6 Å². The van der Waals surface area contributed by atoms with Crippen LogP contribution in [-0.2, 0) is 12.8 Å². The molecule has 1 unspecified atom stereocenters. The Bertz CT molecular complexity index is 913. The summed E-state index contributed by atoms with van der Waals surface area (Å²) in [5.41, 5.74) is 4.11. The predicted molar refractivity (Wildman–Crippen MR) is 108 cm³/mol. The Balaban J connectivity index is 1.22. The predicted octanol–water partition coefficient (Wildman–Crippen LogP) is 1.72. The first-order valence-electron chi connectivity index (χ1n) is 9.55. The molecule has 1 atom stereocenters. The van der Waals surface area contributed by atoms with Crippen molar-refractivity contribution in [2.45, 2.75) is 25.0 Å². The monoisotopic (exact) mass is 376 g/mol. The Morgan fingerprint density at radius 1 is 1.07 bits per heavy atom. The first-order chi connectivity index (χ1) is 13.7. The second-order valence-electron chi connectivity index (χ2n) is 7.16. The van der Waals surface area contributed by atoms with Crippen LogP contribution in [0.15, 0.2) is 67.0 Å². The largest absolute Gasteiger partial charge is 0.390 e. The van der Waals surface area contributed by atoms with E-state index in [9.17, 15) is 9.90 Å². The molecule has 4 rings (SSSR count). The number of rotatable bonds is 7. The molecule has 0 saturated carbocycles. The van der Waals surface area contributed by atoms with Crippen LogP contribution in [0.25, 0.3) is 5.69 Å². The Morgan fingerprint density at radius 2 is 1.75 bits per heavy atom. The standard InChI is InChI=1S/C22H24N4O2/c27-21(13-23-19-10-16-6-4-5-7-17(16)11-19)14-24-22(28)18-12-25-26(15-18)20-8-2-1-3-9-20/h1-9,12,15,19,21,23,27H,10-11,13-14H2,(H,24,28). The second-order valence-corrected chi connectivity index (χ2v) is 7.16. The zero-order chi connectivity index (χ0) is 19.3. The second kappa shape index (κ2) is 8.37. The van der Waals surface area contributed by atoms with Crippen molar-refractivity contribution in [3.05, 3.63) is 83.7 Å². The lowest BCUT2D eigenvalue weighted by Gasteiger charge is -2.16. The Hall–Kier alpha value is -2.96. The number of hydrogen-bond acceptors (Lipinski definition) is 4. The van der Waals surface area contributed by atoms with Crippen LogP contribution in [0.2, 0.25) is 0 Å². The molecule has 6 nitrogen and oxygen atoms in total. The van der Waals surface area contributed by atoms with Crippen LogP contribution < -0.4 is 10.6 Å². The van der Waals surface area contributed by atoms with Gasteiger partial charge in [-0.05, 0) is 36.1 Å². The molecule has 3 aromatic rings. The van der Waals surface area contributed by atoms with Gasteiger partial charge >= 0.3 is 0 Å². The molecule has 0 saturated heterocycles. The van der Waals surface area contributed by atoms with Gasteiger partial charge in [-0.15, -0.1) is 0 Å². The van der Waals surface area contributed by atoms with Crippen molar-refractivity contribution in [1.82, 2.24) is 20.4 Å². The Labute approximate surface area is 164 Å². The van der Waals surface area contributed by atoms with E-state index < -0.39 is 6.10 Å². The maximum absolute atomic E-state index is 12.3. The van der Waals surface area contributed by atoms with Crippen molar-refractivity contribution in [2.75, 3.05) is 13.1 Å². The topological polar surface area (TPSA) is 79.2 Å². The van der Waals surface area contributed by atoms with Crippen molar-refractivity contribution in [1.29, 1.82) is 0 Å². The Kier molecular flexibility index (Phi) is 5.50. The lowest BCUT2D eigenvalue weighted by molar-refractivity contribution is 0.0914. The van der Waals surface area contributed by atoms with Crippen LogP contribution in [0, 0.1) is 0 Å². The third-order valence-electron chi connectivity index (χ3n) is 5.06. The fourth-order valence-electron chi connectivity index (χ4n) is 3.55. The highest BCUT2D eigenvalue weighted by Crippen LogP contribution is 2.21. The van der Waals surface area contributed by atoms with Crippen LogP contribution in [0.5, 0.6) is 0 Å². The van der Waals surface area contributed by atoms with Crippen LogP contribution in [-0.4, -0.2) is 46.0 Å². The summed E-state index contributed by atoms with van der Waals surface area (Å²) in [5, 5.41) is 20.6. The zero-order valence-electron chi connectivity index (χ0n) is 15.6. The molecule has 1 aliphatic rings. The fraction of sp³-hybridized carbons (Fsp3) is 0.273. The minimum Gasteiger partial charge on any atom is -0.390 e. The van der Waals surface area contributed by atoms with E-state index in [1.54, 1.807) is 10.9 Å². The number of para-hydroxylation sites is 1. The van der Waals surface area contributed by atoms with Gasteiger partial charge in [-0.2, -0.15) is 5.10 Å². The number of aliphatic hydroxyl groups is 1. The van der Waals surface area contributed by atoms with Crippen molar-refractivity contribution >= 4 is 5.91 Å². The number of benzene rings is 2. The van der Waals surface area contributed by atoms with Crippen molar-refractivity contribution < 1.29 is 9.90 Å². The van der Waals surface area contributed by atoms with Crippen molar-refractivity contribution in [3.63, 3.8) is 0 Å². The maximum atomic E-state index is 12.3. The number of nitrogens with one attached hydrogen (secondary N) is 2. The van der Waals surface area contributed by atoms with Gasteiger partial charge in [0.2, 0.25) is 0 Å². The quantitative estimate of drug-likeness (QED) is 0.587. The molecule has 0 fully saturated rings. The van der Waals surface area contributed by atoms with Crippen LogP contribution >= 0.6 is 0 Å². The molecule has 6 heteroatoms. The summed E-state index contributed by atoms with van der Waals surface area (Å²) >= 11 is 0. The third kappa shape index (κ3) is 4.30. The number of fused-ring (bicyclic) bond motifs is 1. The minimum atomic E-state index is -0.642. The van der Waals surface area contributed by atoms with E-state index in [0.717, 1.165) is 18.5 Å². The molecule has 144 valence electrons. The molecule has 28 heavy (non-hydrogen) atoms. The van der Waals surface area contributed by atoms with E-state index in [-0.39, 0.29) is 12.5 Å². The number of carbonyl (C=O) groups is 1. The number of aromatic nitrogens is 2. The SMILES string of the molecule is O=C(NCC(O)CNC1Cc2ccccc2C1)c1cnn(-c2ccccc2)c1. The highest BCUT2D eigenvalue weighted by Gasteiger charge is 2.21. The van der Waals surface area contributed by atoms with E-state index in [1.165, 1.54) is 17.3 Å². The maximum Gasteiger partial charge on any atom is 0.254 e. The van der Waals surface area contributed by atoms with Gasteiger partial charge in [0.15, 0.2) is 0 Å². The number of nitrogens with zero attached hydrogens (tertiary/aromatic N) is 2. The normalized spacial score (nSPS) is 14.6. The molecule has 1 heterocycles. The number of aliphatic hydroxyl groups excluding tert-OH is 1. The van der Waals surface area contributed by atoms with Gasteiger partial charge in [-0.1, -0.05) is 42.5 Å². The number of amides is 1. The molecule has 1 aliphatic carbocycles. The van der Waals surface area contributed by atoms with E-state index in [1.807, 2.05) is 30.3 Å². The highest BCUT2D eigenvalue weighted by atomic mass is 16.3. The van der Waals surface area contributed by atoms with Crippen LogP contribution in [0.1, 0.15) is 21.5 Å². The fourth-order valence-corrected chi connectivity index (χ4v) is 3.55. The summed E-state index contributed by atoms with van der Waals surface area (Å²) in [5.74, 6) is -0.241. The summed E-state index contributed by atoms with van der Waals surface area (Å²) < 4.78 is 1.66. The molecule has 1 aromatic heterocycles. The molecular formula is C22H24N4O2. The lowest BCUT2D eigenvalue weighted by atomic mass is 10.1. The van der Waals surface area contributed by atoms with Gasteiger partial charge in [-0.25, -0.2) is 4.68 Å². The molecular weight excluding hydrogens is 352 g/mol. The summed E-state index contributed by atoms with van der Waals surface area (Å²) in [6.07, 6.45) is 4.53. The highest BCUT2D eigenvalue weighted by molar-refractivity contribution is 5.93. The van der Waals surface area contributed by atoms with Gasteiger partial charge in [-0.3, -0.25) is 4.79 Å². The molecule has 0 radical (unpaired) electrons. The van der Waals surface area contributed by atoms with Gasteiger partial charge in [0.1, 0.15) is 0 Å². The Morgan fingerprint density at radius 3 is 2.46 bits per heavy atom. The summed E-state index contributed by atoms with van der Waals surface area (Å²) in [6.45, 7) is 0.643. The molecule has 0 aliphatic heterocycles. The first kappa shape index (κ1) is 18.4. The van der Waals surface area contributed by atoms with E-state index in [2.05, 4.69) is 40.0 Å². The van der Waals surface area contributed by atoms with Gasteiger partial charge < -0.3 is 15.7 Å². The molecule has 0 spiro atoms. The number of hydrogen-bond donors (Lipinski definition) is 3. The van der Waals surface area contributed by atoms with Crippen LogP contribution in [0.4, 0.5) is 0 Å². The minimum absolute atomic E-state index is 0.196. The van der Waals surface area contributed by atoms with E-state index >= 15 is 0 Å². The molecule has 2 aromatic carbocycles. The van der Waals surface area contributed by atoms with Crippen molar-refractivity contribution in [3.8, 4) is 5.69 Å². The third-order valence-corrected chi connectivity index (χ3v) is 5.06. The summed E-state index contributed by atoms with van der Waals surface area (Å²) in [7, 11) is 0. The van der Waals surface area contributed by atoms with Crippen molar-refractivity contribution in [2.24, 2.45) is 0 Å². The lowest BCUT2D eigenvalue weighted by Crippen LogP contribution is -2.41. The molecule has 1 amide bonds. The van der Waals surface area contributed by atoms with Gasteiger partial charge in [0.25, 0.3) is 5.91 Å². The average Bonchev–Trinajstić information content (AvgIpc) is 3.38. The molecule has 0 bridgehead atoms.